The quantitative estimate of drug-likeness (QED) is 0.813. The fourth-order valence-corrected chi connectivity index (χ4v) is 3.08. The van der Waals surface area contributed by atoms with Gasteiger partial charge in [-0.2, -0.15) is 0 Å². The lowest BCUT2D eigenvalue weighted by molar-refractivity contribution is -0.141. The molecule has 0 unspecified atom stereocenters. The van der Waals surface area contributed by atoms with E-state index in [1.807, 2.05) is 11.5 Å². The van der Waals surface area contributed by atoms with Crippen LogP contribution in [0.15, 0.2) is 12.3 Å². The van der Waals surface area contributed by atoms with Crippen LogP contribution in [0.4, 0.5) is 0 Å². The molecule has 1 aliphatic carbocycles. The van der Waals surface area contributed by atoms with Crippen molar-refractivity contribution in [1.82, 2.24) is 9.88 Å². The monoisotopic (exact) mass is 312 g/mol. The van der Waals surface area contributed by atoms with Crippen molar-refractivity contribution in [1.29, 1.82) is 0 Å². The predicted molar refractivity (Wildman–Crippen MR) is 80.6 cm³/mol. The molecular formula is C15H21ClN2O3. The zero-order chi connectivity index (χ0) is 15.5. The highest BCUT2D eigenvalue weighted by molar-refractivity contribution is 6.31. The first-order valence-corrected chi connectivity index (χ1v) is 7.69. The van der Waals surface area contributed by atoms with Crippen LogP contribution in [0.2, 0.25) is 5.02 Å². The third-order valence-electron chi connectivity index (χ3n) is 4.12. The van der Waals surface area contributed by atoms with Gasteiger partial charge in [-0.05, 0) is 30.7 Å². The van der Waals surface area contributed by atoms with Gasteiger partial charge in [0.05, 0.1) is 11.4 Å². The van der Waals surface area contributed by atoms with E-state index in [2.05, 4.69) is 5.32 Å². The molecule has 2 rings (SSSR count). The second kappa shape index (κ2) is 6.52. The molecule has 1 heterocycles. The van der Waals surface area contributed by atoms with Gasteiger partial charge in [-0.3, -0.25) is 9.59 Å². The summed E-state index contributed by atoms with van der Waals surface area (Å²) in [6.07, 6.45) is 5.52. The van der Waals surface area contributed by atoms with Gasteiger partial charge in [-0.25, -0.2) is 0 Å². The molecule has 1 saturated carbocycles. The van der Waals surface area contributed by atoms with Crippen LogP contribution in [-0.4, -0.2) is 28.1 Å². The Labute approximate surface area is 129 Å². The Hall–Kier alpha value is -1.49. The molecule has 1 aromatic heterocycles. The van der Waals surface area contributed by atoms with E-state index in [0.29, 0.717) is 17.3 Å². The number of carboxylic acids is 1. The zero-order valence-electron chi connectivity index (χ0n) is 12.2. The lowest BCUT2D eigenvalue weighted by Crippen LogP contribution is -2.43. The van der Waals surface area contributed by atoms with Crippen LogP contribution in [0.25, 0.3) is 0 Å². The number of carbonyl (C=O) groups is 2. The number of aromatic nitrogens is 1. The molecule has 2 N–H and O–H groups in total. The minimum Gasteiger partial charge on any atom is -0.481 e. The van der Waals surface area contributed by atoms with Gasteiger partial charge in [0.15, 0.2) is 0 Å². The highest BCUT2D eigenvalue weighted by atomic mass is 35.5. The topological polar surface area (TPSA) is 71.3 Å². The Kier molecular flexibility index (Phi) is 4.93. The Morgan fingerprint density at radius 2 is 2.19 bits per heavy atom. The molecule has 6 heteroatoms. The molecule has 21 heavy (non-hydrogen) atoms. The molecule has 0 bridgehead atoms. The molecule has 116 valence electrons. The standard InChI is InChI=1S/C15H21ClN2O3/c1-2-6-18-9-11(16)7-12(18)14(21)17-10-15(4-3-5-15)8-13(19)20/h7,9H,2-6,8,10H2,1H3,(H,17,21)(H,19,20). The number of halogens is 1. The van der Waals surface area contributed by atoms with E-state index in [0.717, 1.165) is 32.2 Å². The third-order valence-corrected chi connectivity index (χ3v) is 4.33. The second-order valence-corrected chi connectivity index (χ2v) is 6.28. The van der Waals surface area contributed by atoms with Crippen LogP contribution in [0, 0.1) is 5.41 Å². The third kappa shape index (κ3) is 3.79. The average Bonchev–Trinajstić information content (AvgIpc) is 2.73. The molecule has 5 nitrogen and oxygen atoms in total. The highest BCUT2D eigenvalue weighted by Gasteiger charge is 2.39. The summed E-state index contributed by atoms with van der Waals surface area (Å²) in [5.74, 6) is -0.992. The van der Waals surface area contributed by atoms with Crippen LogP contribution in [0.5, 0.6) is 0 Å². The highest BCUT2D eigenvalue weighted by Crippen LogP contribution is 2.43. The number of carboxylic acid groups (broad SMARTS) is 1. The first-order chi connectivity index (χ1) is 9.96. The number of rotatable bonds is 7. The smallest absolute Gasteiger partial charge is 0.303 e. The molecule has 1 aromatic rings. The summed E-state index contributed by atoms with van der Waals surface area (Å²) < 4.78 is 1.84. The van der Waals surface area contributed by atoms with Gasteiger partial charge in [0.25, 0.3) is 5.91 Å². The SMILES string of the molecule is CCCn1cc(Cl)cc1C(=O)NCC1(CC(=O)O)CCC1. The van der Waals surface area contributed by atoms with E-state index < -0.39 is 5.97 Å². The summed E-state index contributed by atoms with van der Waals surface area (Å²) in [5.41, 5.74) is 0.264. The van der Waals surface area contributed by atoms with E-state index in [4.69, 9.17) is 16.7 Å². The molecular weight excluding hydrogens is 292 g/mol. The molecule has 1 amide bonds. The van der Waals surface area contributed by atoms with Gasteiger partial charge in [-0.15, -0.1) is 0 Å². The van der Waals surface area contributed by atoms with E-state index in [1.165, 1.54) is 0 Å². The lowest BCUT2D eigenvalue weighted by Gasteiger charge is -2.40. The van der Waals surface area contributed by atoms with E-state index in [1.54, 1.807) is 12.3 Å². The van der Waals surface area contributed by atoms with Crippen molar-refractivity contribution in [3.8, 4) is 0 Å². The van der Waals surface area contributed by atoms with Gasteiger partial charge >= 0.3 is 5.97 Å². The fraction of sp³-hybridized carbons (Fsp3) is 0.600. The van der Waals surface area contributed by atoms with Crippen molar-refractivity contribution in [3.05, 3.63) is 23.0 Å². The van der Waals surface area contributed by atoms with Crippen molar-refractivity contribution in [3.63, 3.8) is 0 Å². The van der Waals surface area contributed by atoms with Crippen molar-refractivity contribution in [2.24, 2.45) is 5.41 Å². The molecule has 0 aromatic carbocycles. The molecule has 1 fully saturated rings. The second-order valence-electron chi connectivity index (χ2n) is 5.84. The summed E-state index contributed by atoms with van der Waals surface area (Å²) in [6.45, 7) is 3.18. The zero-order valence-corrected chi connectivity index (χ0v) is 12.9. The normalized spacial score (nSPS) is 16.3. The summed E-state index contributed by atoms with van der Waals surface area (Å²) in [5, 5.41) is 12.4. The van der Waals surface area contributed by atoms with Gasteiger partial charge in [0.2, 0.25) is 0 Å². The molecule has 0 saturated heterocycles. The Morgan fingerprint density at radius 3 is 2.71 bits per heavy atom. The van der Waals surface area contributed by atoms with Crippen molar-refractivity contribution in [2.45, 2.75) is 45.6 Å². The van der Waals surface area contributed by atoms with Crippen molar-refractivity contribution in [2.75, 3.05) is 6.54 Å². The van der Waals surface area contributed by atoms with Crippen LogP contribution in [-0.2, 0) is 11.3 Å². The number of hydrogen-bond donors (Lipinski definition) is 2. The number of aliphatic carboxylic acids is 1. The maximum atomic E-state index is 12.3. The van der Waals surface area contributed by atoms with Crippen LogP contribution < -0.4 is 5.32 Å². The first-order valence-electron chi connectivity index (χ1n) is 7.31. The Morgan fingerprint density at radius 1 is 1.48 bits per heavy atom. The molecule has 0 radical (unpaired) electrons. The van der Waals surface area contributed by atoms with Gasteiger partial charge in [0.1, 0.15) is 5.69 Å². The average molecular weight is 313 g/mol. The van der Waals surface area contributed by atoms with Gasteiger partial charge in [0, 0.05) is 19.3 Å². The predicted octanol–water partition coefficient (Wildman–Crippen LogP) is 2.93. The fourth-order valence-electron chi connectivity index (χ4n) is 2.86. The summed E-state index contributed by atoms with van der Waals surface area (Å²) in [7, 11) is 0. The summed E-state index contributed by atoms with van der Waals surface area (Å²) in [6, 6.07) is 1.65. The van der Waals surface area contributed by atoms with Gasteiger partial charge in [-0.1, -0.05) is 24.9 Å². The van der Waals surface area contributed by atoms with Crippen LogP contribution in [0.1, 0.15) is 49.5 Å². The van der Waals surface area contributed by atoms with Crippen molar-refractivity contribution >= 4 is 23.5 Å². The van der Waals surface area contributed by atoms with E-state index >= 15 is 0 Å². The van der Waals surface area contributed by atoms with Crippen LogP contribution >= 0.6 is 11.6 Å². The Balaban J connectivity index is 1.99. The summed E-state index contributed by atoms with van der Waals surface area (Å²) in [4.78, 5) is 23.2. The maximum absolute atomic E-state index is 12.3. The number of carbonyl (C=O) groups excluding carboxylic acids is 1. The largest absolute Gasteiger partial charge is 0.481 e. The summed E-state index contributed by atoms with van der Waals surface area (Å²) >= 11 is 5.96. The van der Waals surface area contributed by atoms with Crippen LogP contribution in [0.3, 0.4) is 0 Å². The maximum Gasteiger partial charge on any atom is 0.303 e. The molecule has 0 aliphatic heterocycles. The molecule has 0 atom stereocenters. The molecule has 0 spiro atoms. The number of nitrogens with zero attached hydrogens (tertiary/aromatic N) is 1. The van der Waals surface area contributed by atoms with E-state index in [-0.39, 0.29) is 17.7 Å². The minimum atomic E-state index is -0.804. The van der Waals surface area contributed by atoms with Crippen molar-refractivity contribution < 1.29 is 14.7 Å². The van der Waals surface area contributed by atoms with E-state index in [9.17, 15) is 9.59 Å². The minimum absolute atomic E-state index is 0.115. The number of hydrogen-bond acceptors (Lipinski definition) is 2. The van der Waals surface area contributed by atoms with Gasteiger partial charge < -0.3 is 15.0 Å². The first kappa shape index (κ1) is 15.9. The number of nitrogens with one attached hydrogen (secondary N) is 1. The Bertz CT molecular complexity index is 535. The number of amides is 1. The number of aryl methyl sites for hydroxylation is 1. The molecule has 1 aliphatic rings. The lowest BCUT2D eigenvalue weighted by atomic mass is 9.66.